The topological polar surface area (TPSA) is 58.6 Å². The number of nitrogens with one attached hydrogen (secondary N) is 1. The van der Waals surface area contributed by atoms with Gasteiger partial charge in [-0.25, -0.2) is 0 Å². The number of anilines is 1. The average molecular weight is 357 g/mol. The fraction of sp³-hybridized carbons (Fsp3) is 0.0714. The Balaban J connectivity index is 2.21. The monoisotopic (exact) mass is 355 g/mol. The summed E-state index contributed by atoms with van der Waals surface area (Å²) in [6.45, 7) is 0. The summed E-state index contributed by atoms with van der Waals surface area (Å²) in [4.78, 5) is 12.1. The largest absolute Gasteiger partial charge is 0.507 e. The number of carbonyl (C=O) groups is 1. The van der Waals surface area contributed by atoms with Crippen LogP contribution in [-0.4, -0.2) is 18.1 Å². The van der Waals surface area contributed by atoms with E-state index in [-0.39, 0.29) is 11.3 Å². The summed E-state index contributed by atoms with van der Waals surface area (Å²) in [6.07, 6.45) is 0. The summed E-state index contributed by atoms with van der Waals surface area (Å²) >= 11 is 9.16. The summed E-state index contributed by atoms with van der Waals surface area (Å²) < 4.78 is 5.64. The predicted octanol–water partition coefficient (Wildman–Crippen LogP) is 4.07. The smallest absolute Gasteiger partial charge is 0.259 e. The van der Waals surface area contributed by atoms with Gasteiger partial charge in [-0.2, -0.15) is 0 Å². The first kappa shape index (κ1) is 14.7. The van der Waals surface area contributed by atoms with E-state index < -0.39 is 5.91 Å². The molecule has 6 heteroatoms. The van der Waals surface area contributed by atoms with Gasteiger partial charge in [-0.15, -0.1) is 0 Å². The van der Waals surface area contributed by atoms with Gasteiger partial charge in [0.05, 0.1) is 17.7 Å². The van der Waals surface area contributed by atoms with E-state index in [1.165, 1.54) is 19.2 Å². The lowest BCUT2D eigenvalue weighted by Crippen LogP contribution is -2.12. The molecule has 20 heavy (non-hydrogen) atoms. The lowest BCUT2D eigenvalue weighted by Gasteiger charge is -2.09. The van der Waals surface area contributed by atoms with E-state index in [4.69, 9.17) is 16.3 Å². The molecule has 0 aliphatic heterocycles. The molecule has 1 amide bonds. The number of ether oxygens (including phenoxy) is 1. The Bertz CT molecular complexity index is 661. The van der Waals surface area contributed by atoms with Crippen molar-refractivity contribution in [2.75, 3.05) is 12.4 Å². The highest BCUT2D eigenvalue weighted by molar-refractivity contribution is 9.10. The van der Waals surface area contributed by atoms with Crippen LogP contribution in [0.1, 0.15) is 10.4 Å². The number of phenolic OH excluding ortho intramolecular Hbond substituents is 1. The van der Waals surface area contributed by atoms with Gasteiger partial charge in [-0.05, 0) is 46.3 Å². The Morgan fingerprint density at radius 3 is 2.65 bits per heavy atom. The molecule has 0 unspecified atom stereocenters. The molecule has 0 aliphatic carbocycles. The normalized spacial score (nSPS) is 10.2. The summed E-state index contributed by atoms with van der Waals surface area (Å²) in [6, 6.07) is 9.50. The highest BCUT2D eigenvalue weighted by Crippen LogP contribution is 2.27. The van der Waals surface area contributed by atoms with Gasteiger partial charge in [0.25, 0.3) is 5.91 Å². The van der Waals surface area contributed by atoms with Crippen LogP contribution in [0.5, 0.6) is 11.5 Å². The minimum atomic E-state index is -0.417. The number of aromatic hydroxyl groups is 1. The van der Waals surface area contributed by atoms with Crippen molar-refractivity contribution in [1.29, 1.82) is 0 Å². The van der Waals surface area contributed by atoms with E-state index in [1.54, 1.807) is 24.3 Å². The molecular formula is C14H11BrClNO3. The summed E-state index contributed by atoms with van der Waals surface area (Å²) in [5, 5.41) is 13.0. The third-order valence-electron chi connectivity index (χ3n) is 2.63. The fourth-order valence-electron chi connectivity index (χ4n) is 1.60. The van der Waals surface area contributed by atoms with Crippen LogP contribution in [0, 0.1) is 0 Å². The number of amides is 1. The molecule has 0 atom stereocenters. The zero-order valence-electron chi connectivity index (χ0n) is 10.5. The van der Waals surface area contributed by atoms with Crippen LogP contribution in [0.25, 0.3) is 0 Å². The Labute approximate surface area is 129 Å². The van der Waals surface area contributed by atoms with Crippen LogP contribution in [0.4, 0.5) is 5.69 Å². The van der Waals surface area contributed by atoms with Crippen molar-refractivity contribution >= 4 is 39.1 Å². The Hall–Kier alpha value is -1.72. The number of hydrogen-bond donors (Lipinski definition) is 2. The summed E-state index contributed by atoms with van der Waals surface area (Å²) in [5.41, 5.74) is 0.735. The number of halogens is 2. The van der Waals surface area contributed by atoms with E-state index in [2.05, 4.69) is 21.2 Å². The van der Waals surface area contributed by atoms with Crippen molar-refractivity contribution in [3.8, 4) is 11.5 Å². The zero-order chi connectivity index (χ0) is 14.7. The minimum Gasteiger partial charge on any atom is -0.507 e. The number of rotatable bonds is 3. The van der Waals surface area contributed by atoms with Crippen molar-refractivity contribution in [2.24, 2.45) is 0 Å². The molecule has 0 saturated carbocycles. The first-order valence-corrected chi connectivity index (χ1v) is 6.82. The van der Waals surface area contributed by atoms with Crippen LogP contribution in [0.2, 0.25) is 5.02 Å². The first-order valence-electron chi connectivity index (χ1n) is 5.64. The molecule has 0 heterocycles. The molecule has 104 valence electrons. The second-order valence-corrected chi connectivity index (χ2v) is 5.23. The van der Waals surface area contributed by atoms with Crippen molar-refractivity contribution in [3.05, 3.63) is 51.5 Å². The summed E-state index contributed by atoms with van der Waals surface area (Å²) in [7, 11) is 1.49. The van der Waals surface area contributed by atoms with Gasteiger partial charge < -0.3 is 15.2 Å². The summed E-state index contributed by atoms with van der Waals surface area (Å²) in [5.74, 6) is -0.0810. The van der Waals surface area contributed by atoms with Gasteiger partial charge in [0.1, 0.15) is 11.5 Å². The molecule has 0 fully saturated rings. The van der Waals surface area contributed by atoms with Crippen LogP contribution in [-0.2, 0) is 0 Å². The minimum absolute atomic E-state index is 0.144. The Morgan fingerprint density at radius 1 is 1.30 bits per heavy atom. The third-order valence-corrected chi connectivity index (χ3v) is 3.84. The molecule has 2 aromatic carbocycles. The molecule has 0 aliphatic rings. The number of methoxy groups -OCH3 is 1. The van der Waals surface area contributed by atoms with Crippen LogP contribution in [0.15, 0.2) is 40.9 Å². The quantitative estimate of drug-likeness (QED) is 0.871. The molecule has 2 rings (SSSR count). The van der Waals surface area contributed by atoms with Gasteiger partial charge >= 0.3 is 0 Å². The second kappa shape index (κ2) is 6.15. The van der Waals surface area contributed by atoms with E-state index >= 15 is 0 Å². The number of phenols is 1. The molecule has 0 spiro atoms. The predicted molar refractivity (Wildman–Crippen MR) is 81.8 cm³/mol. The highest BCUT2D eigenvalue weighted by atomic mass is 79.9. The maximum atomic E-state index is 12.1. The van der Waals surface area contributed by atoms with Gasteiger partial charge in [0.15, 0.2) is 0 Å². The van der Waals surface area contributed by atoms with Gasteiger partial charge in [0, 0.05) is 16.2 Å². The highest BCUT2D eigenvalue weighted by Gasteiger charge is 2.12. The van der Waals surface area contributed by atoms with Crippen molar-refractivity contribution in [2.45, 2.75) is 0 Å². The van der Waals surface area contributed by atoms with Crippen LogP contribution in [0.3, 0.4) is 0 Å². The molecule has 2 N–H and O–H groups in total. The standard InChI is InChI=1S/C14H11BrClNO3/c1-20-9-3-4-10(13(18)7-9)14(19)17-8-2-5-12(16)11(15)6-8/h2-7,18H,1H3,(H,17,19). The molecule has 0 radical (unpaired) electrons. The van der Waals surface area contributed by atoms with Crippen molar-refractivity contribution in [3.63, 3.8) is 0 Å². The lowest BCUT2D eigenvalue weighted by atomic mass is 10.1. The molecule has 0 saturated heterocycles. The van der Waals surface area contributed by atoms with Crippen molar-refractivity contribution < 1.29 is 14.6 Å². The van der Waals surface area contributed by atoms with Gasteiger partial charge in [-0.1, -0.05) is 11.6 Å². The third kappa shape index (κ3) is 3.23. The van der Waals surface area contributed by atoms with E-state index in [0.717, 1.165) is 0 Å². The van der Waals surface area contributed by atoms with Gasteiger partial charge in [-0.3, -0.25) is 4.79 Å². The van der Waals surface area contributed by atoms with Gasteiger partial charge in [0.2, 0.25) is 0 Å². The first-order chi connectivity index (χ1) is 9.51. The number of hydrogen-bond acceptors (Lipinski definition) is 3. The molecule has 4 nitrogen and oxygen atoms in total. The van der Waals surface area contributed by atoms with Crippen molar-refractivity contribution in [1.82, 2.24) is 0 Å². The zero-order valence-corrected chi connectivity index (χ0v) is 12.8. The Kier molecular flexibility index (Phi) is 4.52. The number of benzene rings is 2. The number of carbonyl (C=O) groups excluding carboxylic acids is 1. The molecular weight excluding hydrogens is 346 g/mol. The molecule has 2 aromatic rings. The maximum absolute atomic E-state index is 12.1. The van der Waals surface area contributed by atoms with E-state index in [9.17, 15) is 9.90 Å². The molecule has 0 bridgehead atoms. The lowest BCUT2D eigenvalue weighted by molar-refractivity contribution is 0.102. The molecule has 0 aromatic heterocycles. The second-order valence-electron chi connectivity index (χ2n) is 3.97. The average Bonchev–Trinajstić information content (AvgIpc) is 2.42. The van der Waals surface area contributed by atoms with Crippen LogP contribution < -0.4 is 10.1 Å². The maximum Gasteiger partial charge on any atom is 0.259 e. The Morgan fingerprint density at radius 2 is 2.05 bits per heavy atom. The van der Waals surface area contributed by atoms with E-state index in [0.29, 0.717) is 20.9 Å². The van der Waals surface area contributed by atoms with Crippen LogP contribution >= 0.6 is 27.5 Å². The SMILES string of the molecule is COc1ccc(C(=O)Nc2ccc(Cl)c(Br)c2)c(O)c1. The fourth-order valence-corrected chi connectivity index (χ4v) is 2.10. The van der Waals surface area contributed by atoms with E-state index in [1.807, 2.05) is 0 Å².